The maximum absolute atomic E-state index is 15.0. The van der Waals surface area contributed by atoms with Crippen LogP contribution in [0.5, 0.6) is 11.6 Å². The van der Waals surface area contributed by atoms with Gasteiger partial charge in [0.1, 0.15) is 24.6 Å². The van der Waals surface area contributed by atoms with Gasteiger partial charge in [-0.2, -0.15) is 0 Å². The van der Waals surface area contributed by atoms with Crippen molar-refractivity contribution in [3.8, 4) is 11.6 Å². The first-order chi connectivity index (χ1) is 29.9. The first-order valence-electron chi connectivity index (χ1n) is 23.6. The van der Waals surface area contributed by atoms with Crippen molar-refractivity contribution in [2.45, 2.75) is 147 Å². The second-order valence-corrected chi connectivity index (χ2v) is 23.8. The molecule has 1 N–H and O–H groups in total. The number of hydrogen-bond acceptors (Lipinski definition) is 11. The van der Waals surface area contributed by atoms with Gasteiger partial charge in [-0.15, -0.1) is 6.58 Å². The average molecular weight is 887 g/mol. The van der Waals surface area contributed by atoms with Crippen LogP contribution in [0.4, 0.5) is 0 Å². The third kappa shape index (κ3) is 8.76. The number of hydrogen-bond donors (Lipinski definition) is 1. The van der Waals surface area contributed by atoms with E-state index in [4.69, 9.17) is 19.2 Å². The van der Waals surface area contributed by atoms with E-state index in [1.165, 1.54) is 24.2 Å². The third-order valence-corrected chi connectivity index (χ3v) is 18.0. The summed E-state index contributed by atoms with van der Waals surface area (Å²) in [4.78, 5) is 66.3. The highest BCUT2D eigenvalue weighted by molar-refractivity contribution is 7.91. The molecule has 4 aliphatic carbocycles. The highest BCUT2D eigenvalue weighted by Crippen LogP contribution is 2.57. The fourth-order valence-corrected chi connectivity index (χ4v) is 12.2. The van der Waals surface area contributed by atoms with Gasteiger partial charge in [-0.3, -0.25) is 28.8 Å². The summed E-state index contributed by atoms with van der Waals surface area (Å²) < 4.78 is 47.4. The number of carbonyl (C=O) groups is 4. The van der Waals surface area contributed by atoms with Gasteiger partial charge < -0.3 is 19.1 Å². The van der Waals surface area contributed by atoms with Crippen molar-refractivity contribution in [1.82, 2.24) is 19.5 Å². The molecule has 3 aliphatic heterocycles. The summed E-state index contributed by atoms with van der Waals surface area (Å²) in [7, 11) is -3.96. The van der Waals surface area contributed by atoms with Crippen LogP contribution in [0, 0.1) is 34.0 Å². The van der Waals surface area contributed by atoms with Crippen LogP contribution < -0.4 is 14.2 Å². The number of Topliss-reactive ketones (excluding diaryl/α,β-unsaturated/α-hetero) is 1. The summed E-state index contributed by atoms with van der Waals surface area (Å²) in [6.45, 7) is 14.9. The van der Waals surface area contributed by atoms with Crippen LogP contribution in [-0.4, -0.2) is 103 Å². The summed E-state index contributed by atoms with van der Waals surface area (Å²) in [6, 6.07) is 6.92. The van der Waals surface area contributed by atoms with Crippen molar-refractivity contribution in [3.05, 3.63) is 42.5 Å². The summed E-state index contributed by atoms with van der Waals surface area (Å²) >= 11 is 0. The number of allylic oxidation sites excluding steroid dienone is 1. The number of benzene rings is 1. The fourth-order valence-electron chi connectivity index (χ4n) is 10.9. The first-order valence-corrected chi connectivity index (χ1v) is 25.1. The van der Waals surface area contributed by atoms with E-state index in [-0.39, 0.29) is 50.0 Å². The molecule has 0 radical (unpaired) electrons. The van der Waals surface area contributed by atoms with Crippen LogP contribution >= 0.6 is 0 Å². The molecule has 13 nitrogen and oxygen atoms in total. The highest BCUT2D eigenvalue weighted by Gasteiger charge is 2.63. The van der Waals surface area contributed by atoms with Crippen LogP contribution in [0.1, 0.15) is 123 Å². The lowest BCUT2D eigenvalue weighted by Crippen LogP contribution is -2.60. The van der Waals surface area contributed by atoms with Gasteiger partial charge in [-0.05, 0) is 99.5 Å². The largest absolute Gasteiger partial charge is 0.491 e. The molecule has 2 aromatic rings. The number of esters is 1. The number of aromatic nitrogens is 1. The van der Waals surface area contributed by atoms with E-state index in [1.807, 2.05) is 45.0 Å². The number of likely N-dealkylation sites (tertiary alicyclic amines) is 1. The Morgan fingerprint density at radius 2 is 1.79 bits per heavy atom. The molecule has 7 atom stereocenters. The molecule has 63 heavy (non-hydrogen) atoms. The zero-order valence-corrected chi connectivity index (χ0v) is 38.4. The van der Waals surface area contributed by atoms with Gasteiger partial charge in [0.15, 0.2) is 5.78 Å². The van der Waals surface area contributed by atoms with Gasteiger partial charge >= 0.3 is 5.97 Å². The smallest absolute Gasteiger partial charge is 0.306 e. The van der Waals surface area contributed by atoms with Crippen LogP contribution in [0.2, 0.25) is 0 Å². The lowest BCUT2D eigenvalue weighted by molar-refractivity contribution is -0.154. The lowest BCUT2D eigenvalue weighted by Gasteiger charge is -2.56. The van der Waals surface area contributed by atoms with Crippen LogP contribution in [0.15, 0.2) is 36.9 Å². The standard InChI is InChI=1S/C49H66N4O9S/c1-6-32-26-49(32,45(57)51-63(58,59)47(5)19-20-47)27-39(54)38-24-33-28-53(38)44(56)36(46(2,3)4)25-41(55)62-40-23-31(40)13-8-7-9-15-35-42(34-14-10-11-16-37(34)50-43(35)61-33)60-22-21-52-29-48(30-52)17-12-18-48/h6,10-11,14,16,31-33,36,38,40H,1,7-9,12-13,15,17-30H2,2-5H3,(H,51,57)/t31-,32-,33-,36-,38+,40-,49-/m1/s1. The fraction of sp³-hybridized carbons (Fsp3) is 0.694. The van der Waals surface area contributed by atoms with Crippen LogP contribution in [0.3, 0.4) is 0 Å². The molecule has 2 saturated heterocycles. The van der Waals surface area contributed by atoms with Gasteiger partial charge in [0.2, 0.25) is 27.7 Å². The second-order valence-electron chi connectivity index (χ2n) is 21.6. The third-order valence-electron chi connectivity index (χ3n) is 15.8. The number of fused-ring (bicyclic) bond motifs is 5. The molecular weight excluding hydrogens is 821 g/mol. The number of amides is 2. The molecule has 4 heterocycles. The minimum atomic E-state index is -3.96. The second kappa shape index (κ2) is 16.4. The van der Waals surface area contributed by atoms with Crippen molar-refractivity contribution in [1.29, 1.82) is 0 Å². The summed E-state index contributed by atoms with van der Waals surface area (Å²) in [5.41, 5.74) is 0.147. The molecule has 1 aromatic carbocycles. The minimum Gasteiger partial charge on any atom is -0.491 e. The van der Waals surface area contributed by atoms with Gasteiger partial charge in [-0.1, -0.05) is 58.2 Å². The Morgan fingerprint density at radius 1 is 1.03 bits per heavy atom. The van der Waals surface area contributed by atoms with E-state index in [1.54, 1.807) is 13.0 Å². The van der Waals surface area contributed by atoms with E-state index in [9.17, 15) is 27.6 Å². The van der Waals surface area contributed by atoms with Crippen molar-refractivity contribution >= 4 is 44.5 Å². The Bertz CT molecular complexity index is 2270. The summed E-state index contributed by atoms with van der Waals surface area (Å²) in [5, 5.41) is 0.912. The number of pyridine rings is 1. The quantitative estimate of drug-likeness (QED) is 0.189. The molecule has 342 valence electrons. The topological polar surface area (TPSA) is 162 Å². The Balaban J connectivity index is 1.03. The molecule has 0 unspecified atom stereocenters. The summed E-state index contributed by atoms with van der Waals surface area (Å²) in [5.74, 6) is -1.59. The Kier molecular flexibility index (Phi) is 11.5. The maximum atomic E-state index is 15.0. The average Bonchev–Trinajstić information content (AvgIpc) is 4.16. The van der Waals surface area contributed by atoms with E-state index in [0.29, 0.717) is 43.1 Å². The van der Waals surface area contributed by atoms with Crippen molar-refractivity contribution in [2.75, 3.05) is 32.8 Å². The van der Waals surface area contributed by atoms with E-state index < -0.39 is 61.5 Å². The van der Waals surface area contributed by atoms with E-state index in [2.05, 4.69) is 16.2 Å². The Labute approximate surface area is 372 Å². The summed E-state index contributed by atoms with van der Waals surface area (Å²) in [6.07, 6.45) is 10.9. The maximum Gasteiger partial charge on any atom is 0.306 e. The Morgan fingerprint density at radius 3 is 2.48 bits per heavy atom. The predicted molar refractivity (Wildman–Crippen MR) is 237 cm³/mol. The molecule has 9 rings (SSSR count). The van der Waals surface area contributed by atoms with Gasteiger partial charge in [-0.25, -0.2) is 13.4 Å². The molecule has 1 aromatic heterocycles. The predicted octanol–water partition coefficient (Wildman–Crippen LogP) is 6.70. The lowest BCUT2D eigenvalue weighted by atomic mass is 9.63. The first kappa shape index (κ1) is 44.2. The highest BCUT2D eigenvalue weighted by atomic mass is 32.2. The number of para-hydroxylation sites is 1. The normalized spacial score (nSPS) is 31.5. The monoisotopic (exact) mass is 886 g/mol. The van der Waals surface area contributed by atoms with E-state index >= 15 is 0 Å². The van der Waals surface area contributed by atoms with Gasteiger partial charge in [0.25, 0.3) is 0 Å². The number of carbonyl (C=O) groups excluding carboxylic acids is 4. The minimum absolute atomic E-state index is 0.0548. The molecular formula is C49H66N4O9S. The number of rotatable bonds is 11. The van der Waals surface area contributed by atoms with Crippen molar-refractivity contribution in [2.24, 2.45) is 34.0 Å². The zero-order chi connectivity index (χ0) is 44.5. The van der Waals surface area contributed by atoms with Crippen LogP contribution in [-0.2, 0) is 40.4 Å². The molecule has 4 saturated carbocycles. The Hall–Kier alpha value is -4.04. The number of nitrogens with one attached hydrogen (secondary N) is 1. The number of ketones is 1. The molecule has 7 aliphatic rings. The van der Waals surface area contributed by atoms with Crippen LogP contribution in [0.25, 0.3) is 10.9 Å². The number of ether oxygens (including phenoxy) is 3. The molecule has 14 heteroatoms. The molecule has 2 amide bonds. The van der Waals surface area contributed by atoms with Crippen molar-refractivity contribution < 1.29 is 41.8 Å². The zero-order valence-electron chi connectivity index (χ0n) is 37.6. The molecule has 1 spiro atoms. The van der Waals surface area contributed by atoms with Crippen molar-refractivity contribution in [3.63, 3.8) is 0 Å². The van der Waals surface area contributed by atoms with Gasteiger partial charge in [0.05, 0.1) is 46.2 Å². The SMILES string of the molecule is C=C[C@@H]1C[C@]1(CC(=O)[C@@H]1C[C@@H]2CN1C(=O)[C@H](C(C)(C)C)CC(=O)O[C@@H]1C[C@H]1CCCCCc1c(nc3ccccc3c1OCCN1CC3(CCC3)C1)O2)C(=O)NS(=O)(=O)C1(C)CC1. The number of sulfonamides is 1. The molecule has 6 fully saturated rings. The van der Waals surface area contributed by atoms with E-state index in [0.717, 1.165) is 74.0 Å². The van der Waals surface area contributed by atoms with Gasteiger partial charge in [0, 0.05) is 37.9 Å². The molecule has 2 bridgehead atoms. The number of nitrogens with zero attached hydrogens (tertiary/aromatic N) is 3.